The van der Waals surface area contributed by atoms with Gasteiger partial charge in [0, 0.05) is 20.0 Å². The summed E-state index contributed by atoms with van der Waals surface area (Å²) in [5.74, 6) is 1.19. The van der Waals surface area contributed by atoms with E-state index in [0.29, 0.717) is 31.1 Å². The summed E-state index contributed by atoms with van der Waals surface area (Å²) in [5.41, 5.74) is -1.17. The standard InChI is InChI=1S/C18H28N4O3/c1-3-16-6-12-7-17(9-16,11-18(25,8-12)10-16)14(23)19-5-4-13-20-21-15(24)22(13)2/h12,25H,3-11H2,1-2H3,(H,19,23)(H,21,24). The van der Waals surface area contributed by atoms with Crippen LogP contribution in [0, 0.1) is 16.7 Å². The molecule has 25 heavy (non-hydrogen) atoms. The van der Waals surface area contributed by atoms with Crippen LogP contribution in [-0.4, -0.2) is 37.9 Å². The summed E-state index contributed by atoms with van der Waals surface area (Å²) in [4.78, 5) is 24.5. The number of aromatic nitrogens is 3. The SMILES string of the molecule is CCC12CC3CC(O)(C1)CC(C(=O)NCCc1n[nH]c(=O)n1C)(C3)C2. The van der Waals surface area contributed by atoms with Crippen molar-refractivity contribution >= 4 is 5.91 Å². The number of H-pyrrole nitrogens is 1. The maximum atomic E-state index is 13.1. The van der Waals surface area contributed by atoms with E-state index >= 15 is 0 Å². The number of nitrogens with zero attached hydrogens (tertiary/aromatic N) is 2. The summed E-state index contributed by atoms with van der Waals surface area (Å²) >= 11 is 0. The van der Waals surface area contributed by atoms with Gasteiger partial charge in [0.15, 0.2) is 0 Å². The first-order valence-electron chi connectivity index (χ1n) is 9.40. The highest BCUT2D eigenvalue weighted by molar-refractivity contribution is 5.83. The van der Waals surface area contributed by atoms with Crippen molar-refractivity contribution in [2.45, 2.75) is 63.9 Å². The van der Waals surface area contributed by atoms with E-state index in [-0.39, 0.29) is 17.0 Å². The molecule has 138 valence electrons. The first-order chi connectivity index (χ1) is 11.8. The Morgan fingerprint density at radius 3 is 2.80 bits per heavy atom. The van der Waals surface area contributed by atoms with Gasteiger partial charge >= 0.3 is 5.69 Å². The van der Waals surface area contributed by atoms with Crippen LogP contribution in [0.2, 0.25) is 0 Å². The van der Waals surface area contributed by atoms with Crippen molar-refractivity contribution in [3.63, 3.8) is 0 Å². The van der Waals surface area contributed by atoms with Gasteiger partial charge in [-0.05, 0) is 49.9 Å². The lowest BCUT2D eigenvalue weighted by molar-refractivity contribution is -0.204. The molecule has 0 radical (unpaired) electrons. The van der Waals surface area contributed by atoms with Crippen LogP contribution >= 0.6 is 0 Å². The summed E-state index contributed by atoms with van der Waals surface area (Å²) in [6, 6.07) is 0. The summed E-state index contributed by atoms with van der Waals surface area (Å²) in [7, 11) is 1.67. The number of carbonyl (C=O) groups excluding carboxylic acids is 1. The molecule has 1 heterocycles. The maximum absolute atomic E-state index is 13.1. The lowest BCUT2D eigenvalue weighted by Crippen LogP contribution is -2.63. The van der Waals surface area contributed by atoms with Crippen LogP contribution < -0.4 is 11.0 Å². The maximum Gasteiger partial charge on any atom is 0.343 e. The van der Waals surface area contributed by atoms with E-state index in [1.54, 1.807) is 7.05 Å². The highest BCUT2D eigenvalue weighted by atomic mass is 16.3. The number of hydrogen-bond donors (Lipinski definition) is 3. The Kier molecular flexibility index (Phi) is 3.65. The fourth-order valence-electron chi connectivity index (χ4n) is 6.31. The van der Waals surface area contributed by atoms with E-state index < -0.39 is 11.0 Å². The molecule has 7 nitrogen and oxygen atoms in total. The van der Waals surface area contributed by atoms with Crippen LogP contribution in [0.15, 0.2) is 4.79 Å². The predicted molar refractivity (Wildman–Crippen MR) is 91.8 cm³/mol. The van der Waals surface area contributed by atoms with Gasteiger partial charge in [0.05, 0.1) is 11.0 Å². The monoisotopic (exact) mass is 348 g/mol. The Bertz CT molecular complexity index is 756. The average molecular weight is 348 g/mol. The minimum atomic E-state index is -0.654. The zero-order valence-corrected chi connectivity index (χ0v) is 15.1. The number of rotatable bonds is 5. The van der Waals surface area contributed by atoms with E-state index in [9.17, 15) is 14.7 Å². The van der Waals surface area contributed by atoms with Crippen molar-refractivity contribution < 1.29 is 9.90 Å². The van der Waals surface area contributed by atoms with Crippen molar-refractivity contribution in [2.75, 3.05) is 6.54 Å². The molecular weight excluding hydrogens is 320 g/mol. The Balaban J connectivity index is 1.46. The Morgan fingerprint density at radius 2 is 2.16 bits per heavy atom. The van der Waals surface area contributed by atoms with Crippen molar-refractivity contribution in [3.8, 4) is 0 Å². The molecule has 1 aromatic rings. The lowest BCUT2D eigenvalue weighted by Gasteiger charge is -2.64. The fourth-order valence-corrected chi connectivity index (χ4v) is 6.31. The molecule has 4 unspecified atom stereocenters. The smallest absolute Gasteiger partial charge is 0.343 e. The van der Waals surface area contributed by atoms with Crippen LogP contribution in [0.1, 0.15) is 57.7 Å². The van der Waals surface area contributed by atoms with Gasteiger partial charge in [0.25, 0.3) is 0 Å². The molecule has 4 fully saturated rings. The summed E-state index contributed by atoms with van der Waals surface area (Å²) in [5, 5.41) is 20.5. The zero-order valence-electron chi connectivity index (χ0n) is 15.1. The highest BCUT2D eigenvalue weighted by Gasteiger charge is 2.64. The third-order valence-electron chi connectivity index (χ3n) is 6.99. The van der Waals surface area contributed by atoms with Gasteiger partial charge in [-0.1, -0.05) is 13.3 Å². The fraction of sp³-hybridized carbons (Fsp3) is 0.833. The first-order valence-corrected chi connectivity index (χ1v) is 9.40. The molecule has 4 aliphatic carbocycles. The van der Waals surface area contributed by atoms with Crippen molar-refractivity contribution in [3.05, 3.63) is 16.3 Å². The lowest BCUT2D eigenvalue weighted by atomic mass is 9.42. The molecule has 0 saturated heterocycles. The van der Waals surface area contributed by atoms with Crippen molar-refractivity contribution in [1.82, 2.24) is 20.1 Å². The van der Waals surface area contributed by atoms with Crippen molar-refractivity contribution in [2.24, 2.45) is 23.8 Å². The van der Waals surface area contributed by atoms with Gasteiger partial charge in [0.1, 0.15) is 5.82 Å². The van der Waals surface area contributed by atoms with Crippen LogP contribution in [0.4, 0.5) is 0 Å². The Hall–Kier alpha value is -1.63. The number of aromatic amines is 1. The minimum Gasteiger partial charge on any atom is -0.390 e. The summed E-state index contributed by atoms with van der Waals surface area (Å²) in [6.45, 7) is 2.65. The number of aliphatic hydroxyl groups is 1. The third kappa shape index (κ3) is 2.63. The largest absolute Gasteiger partial charge is 0.390 e. The van der Waals surface area contributed by atoms with E-state index in [1.165, 1.54) is 4.57 Å². The molecule has 1 amide bonds. The van der Waals surface area contributed by atoms with Gasteiger partial charge in [-0.2, -0.15) is 5.10 Å². The van der Waals surface area contributed by atoms with Crippen LogP contribution in [0.3, 0.4) is 0 Å². The number of amides is 1. The summed E-state index contributed by atoms with van der Waals surface area (Å²) < 4.78 is 1.46. The zero-order chi connectivity index (χ0) is 17.9. The highest BCUT2D eigenvalue weighted by Crippen LogP contribution is 2.67. The molecule has 3 N–H and O–H groups in total. The second kappa shape index (κ2) is 5.43. The third-order valence-corrected chi connectivity index (χ3v) is 6.99. The predicted octanol–water partition coefficient (Wildman–Crippen LogP) is 0.879. The van der Waals surface area contributed by atoms with E-state index in [0.717, 1.165) is 38.5 Å². The molecule has 7 heteroatoms. The van der Waals surface area contributed by atoms with Gasteiger partial charge in [-0.25, -0.2) is 9.89 Å². The van der Waals surface area contributed by atoms with Crippen LogP contribution in [0.5, 0.6) is 0 Å². The molecule has 4 saturated carbocycles. The molecule has 4 aliphatic rings. The topological polar surface area (TPSA) is 100 Å². The van der Waals surface area contributed by atoms with Crippen LogP contribution in [-0.2, 0) is 18.3 Å². The Morgan fingerprint density at radius 1 is 1.36 bits per heavy atom. The van der Waals surface area contributed by atoms with Gasteiger partial charge < -0.3 is 10.4 Å². The second-order valence-corrected chi connectivity index (χ2v) is 8.88. The van der Waals surface area contributed by atoms with Gasteiger partial charge in [-0.3, -0.25) is 9.36 Å². The van der Waals surface area contributed by atoms with Gasteiger partial charge in [0.2, 0.25) is 5.91 Å². The molecule has 0 spiro atoms. The molecule has 0 aliphatic heterocycles. The molecule has 1 aromatic heterocycles. The molecule has 4 atom stereocenters. The molecule has 4 bridgehead atoms. The van der Waals surface area contributed by atoms with E-state index in [1.807, 2.05) is 0 Å². The quantitative estimate of drug-likeness (QED) is 0.735. The van der Waals surface area contributed by atoms with E-state index in [2.05, 4.69) is 22.4 Å². The van der Waals surface area contributed by atoms with E-state index in [4.69, 9.17) is 0 Å². The number of hydrogen-bond acceptors (Lipinski definition) is 4. The summed E-state index contributed by atoms with van der Waals surface area (Å²) in [6.07, 6.45) is 6.85. The molecular formula is C18H28N4O3. The average Bonchev–Trinajstić information content (AvgIpc) is 2.84. The number of nitrogens with one attached hydrogen (secondary N) is 2. The molecule has 0 aromatic carbocycles. The van der Waals surface area contributed by atoms with Gasteiger partial charge in [-0.15, -0.1) is 0 Å². The normalized spacial score (nSPS) is 38.9. The number of carbonyl (C=O) groups is 1. The second-order valence-electron chi connectivity index (χ2n) is 8.88. The van der Waals surface area contributed by atoms with Crippen molar-refractivity contribution in [1.29, 1.82) is 0 Å². The minimum absolute atomic E-state index is 0.0772. The first kappa shape index (κ1) is 16.8. The van der Waals surface area contributed by atoms with Crippen LogP contribution in [0.25, 0.3) is 0 Å². The Labute approximate surface area is 147 Å². The molecule has 5 rings (SSSR count).